The van der Waals surface area contributed by atoms with Crippen LogP contribution in [0.2, 0.25) is 0 Å². The van der Waals surface area contributed by atoms with Crippen LogP contribution in [0.15, 0.2) is 18.3 Å². The van der Waals surface area contributed by atoms with Gasteiger partial charge < -0.3 is 10.2 Å². The van der Waals surface area contributed by atoms with Crippen molar-refractivity contribution in [2.24, 2.45) is 5.92 Å². The number of aromatic nitrogens is 1. The van der Waals surface area contributed by atoms with Gasteiger partial charge in [-0.05, 0) is 37.8 Å². The maximum absolute atomic E-state index is 12.6. The Kier molecular flexibility index (Phi) is 3.74. The number of pyridine rings is 1. The van der Waals surface area contributed by atoms with Gasteiger partial charge in [0.05, 0.1) is 0 Å². The molecule has 1 N–H and O–H groups in total. The Labute approximate surface area is 120 Å². The van der Waals surface area contributed by atoms with Gasteiger partial charge in [0.1, 0.15) is 5.82 Å². The van der Waals surface area contributed by atoms with Crippen LogP contribution in [0.5, 0.6) is 0 Å². The Morgan fingerprint density at radius 3 is 2.50 bits per heavy atom. The number of nitrogens with one attached hydrogen (secondary N) is 1. The number of hydrogen-bond donors (Lipinski definition) is 1. The number of anilines is 1. The summed E-state index contributed by atoms with van der Waals surface area (Å²) >= 11 is 0. The molecule has 4 heteroatoms. The van der Waals surface area contributed by atoms with Gasteiger partial charge in [-0.15, -0.1) is 0 Å². The third kappa shape index (κ3) is 2.70. The number of hydrogen-bond acceptors (Lipinski definition) is 4. The molecule has 2 bridgehead atoms. The number of carbonyl (C=O) groups excluding carboxylic acids is 1. The van der Waals surface area contributed by atoms with Crippen LogP contribution in [0.1, 0.15) is 42.5 Å². The maximum Gasteiger partial charge on any atom is 0.167 e. The topological polar surface area (TPSA) is 45.2 Å². The fourth-order valence-electron chi connectivity index (χ4n) is 3.51. The van der Waals surface area contributed by atoms with E-state index < -0.39 is 0 Å². The first-order chi connectivity index (χ1) is 9.63. The fraction of sp³-hybridized carbons (Fsp3) is 0.625. The van der Waals surface area contributed by atoms with Crippen molar-refractivity contribution in [2.45, 2.75) is 44.2 Å². The highest BCUT2D eigenvalue weighted by Gasteiger charge is 2.34. The highest BCUT2D eigenvalue weighted by Crippen LogP contribution is 2.31. The molecule has 1 aromatic heterocycles. The molecule has 3 heterocycles. The lowest BCUT2D eigenvalue weighted by atomic mass is 9.77. The summed E-state index contributed by atoms with van der Waals surface area (Å²) in [6, 6.07) is 4.94. The largest absolute Gasteiger partial charge is 0.363 e. The summed E-state index contributed by atoms with van der Waals surface area (Å²) in [5.74, 6) is 1.35. The van der Waals surface area contributed by atoms with Gasteiger partial charge in [0, 0.05) is 43.9 Å². The lowest BCUT2D eigenvalue weighted by Crippen LogP contribution is -2.50. The molecule has 20 heavy (non-hydrogen) atoms. The quantitative estimate of drug-likeness (QED) is 0.858. The molecule has 0 aliphatic carbocycles. The molecule has 0 spiro atoms. The molecule has 0 radical (unpaired) electrons. The molecule has 108 valence electrons. The monoisotopic (exact) mass is 273 g/mol. The Morgan fingerprint density at radius 2 is 1.95 bits per heavy atom. The minimum absolute atomic E-state index is 0.179. The second kappa shape index (κ2) is 5.52. The second-order valence-corrected chi connectivity index (χ2v) is 6.32. The summed E-state index contributed by atoms with van der Waals surface area (Å²) < 4.78 is 0. The highest BCUT2D eigenvalue weighted by atomic mass is 16.1. The average Bonchev–Trinajstić information content (AvgIpc) is 2.46. The van der Waals surface area contributed by atoms with Crippen LogP contribution in [0.3, 0.4) is 0 Å². The van der Waals surface area contributed by atoms with Crippen molar-refractivity contribution in [1.29, 1.82) is 0 Å². The Balaban J connectivity index is 1.72. The van der Waals surface area contributed by atoms with E-state index in [9.17, 15) is 4.79 Å². The first kappa shape index (κ1) is 13.6. The van der Waals surface area contributed by atoms with Crippen LogP contribution >= 0.6 is 0 Å². The summed E-state index contributed by atoms with van der Waals surface area (Å²) in [7, 11) is 3.91. The maximum atomic E-state index is 12.6. The van der Waals surface area contributed by atoms with Gasteiger partial charge >= 0.3 is 0 Å². The van der Waals surface area contributed by atoms with Gasteiger partial charge in [-0.2, -0.15) is 0 Å². The molecule has 2 aliphatic heterocycles. The summed E-state index contributed by atoms with van der Waals surface area (Å²) in [4.78, 5) is 18.9. The number of Topliss-reactive ketones (excluding diaryl/α,β-unsaturated/α-hetero) is 1. The van der Waals surface area contributed by atoms with Gasteiger partial charge in [-0.3, -0.25) is 4.79 Å². The third-order valence-corrected chi connectivity index (χ3v) is 4.58. The van der Waals surface area contributed by atoms with Crippen LogP contribution in [0, 0.1) is 5.92 Å². The molecule has 1 aromatic rings. The van der Waals surface area contributed by atoms with Crippen LogP contribution in [0.25, 0.3) is 0 Å². The molecule has 0 aromatic carbocycles. The summed E-state index contributed by atoms with van der Waals surface area (Å²) in [5.41, 5.74) is 0.764. The van der Waals surface area contributed by atoms with E-state index in [1.165, 1.54) is 19.3 Å². The first-order valence-electron chi connectivity index (χ1n) is 7.57. The predicted molar refractivity (Wildman–Crippen MR) is 80.2 cm³/mol. The number of piperidine rings is 2. The number of rotatable bonds is 3. The van der Waals surface area contributed by atoms with E-state index in [0.717, 1.165) is 24.2 Å². The molecule has 2 unspecified atom stereocenters. The number of nitrogens with zero attached hydrogens (tertiary/aromatic N) is 2. The average molecular weight is 273 g/mol. The van der Waals surface area contributed by atoms with Gasteiger partial charge in [-0.1, -0.05) is 6.42 Å². The van der Waals surface area contributed by atoms with Gasteiger partial charge in [0.25, 0.3) is 0 Å². The van der Waals surface area contributed by atoms with Crippen molar-refractivity contribution in [1.82, 2.24) is 10.3 Å². The van der Waals surface area contributed by atoms with Crippen LogP contribution in [-0.4, -0.2) is 36.9 Å². The van der Waals surface area contributed by atoms with E-state index in [1.54, 1.807) is 6.20 Å². The molecule has 2 atom stereocenters. The van der Waals surface area contributed by atoms with Crippen LogP contribution in [-0.2, 0) is 0 Å². The molecule has 0 saturated carbocycles. The van der Waals surface area contributed by atoms with Gasteiger partial charge in [0.2, 0.25) is 0 Å². The minimum Gasteiger partial charge on any atom is -0.363 e. The zero-order chi connectivity index (χ0) is 14.1. The van der Waals surface area contributed by atoms with Crippen LogP contribution < -0.4 is 10.2 Å². The van der Waals surface area contributed by atoms with Crippen molar-refractivity contribution in [3.63, 3.8) is 0 Å². The Hall–Kier alpha value is -1.42. The minimum atomic E-state index is 0.179. The van der Waals surface area contributed by atoms with Crippen molar-refractivity contribution in [3.8, 4) is 0 Å². The molecule has 4 nitrogen and oxygen atoms in total. The summed E-state index contributed by atoms with van der Waals surface area (Å²) in [6.45, 7) is 0. The highest BCUT2D eigenvalue weighted by molar-refractivity contribution is 5.97. The Bertz CT molecular complexity index is 471. The zero-order valence-electron chi connectivity index (χ0n) is 12.3. The lowest BCUT2D eigenvalue weighted by molar-refractivity contribution is 0.0825. The van der Waals surface area contributed by atoms with Gasteiger partial charge in [-0.25, -0.2) is 4.98 Å². The molecule has 0 amide bonds. The molecular formula is C16H23N3O. The molecular weight excluding hydrogens is 250 g/mol. The van der Waals surface area contributed by atoms with E-state index in [0.29, 0.717) is 12.1 Å². The van der Waals surface area contributed by atoms with Crippen molar-refractivity contribution in [2.75, 3.05) is 19.0 Å². The zero-order valence-corrected chi connectivity index (χ0v) is 12.3. The summed E-state index contributed by atoms with van der Waals surface area (Å²) in [6.07, 6.45) is 7.46. The number of ketones is 1. The van der Waals surface area contributed by atoms with E-state index in [-0.39, 0.29) is 11.7 Å². The SMILES string of the molecule is CN(C)c1ccc(C(=O)C2CC3CCCC(C2)N3)cn1. The molecule has 2 saturated heterocycles. The first-order valence-corrected chi connectivity index (χ1v) is 7.57. The third-order valence-electron chi connectivity index (χ3n) is 4.58. The van der Waals surface area contributed by atoms with E-state index in [4.69, 9.17) is 0 Å². The molecule has 2 aliphatic rings. The smallest absolute Gasteiger partial charge is 0.167 e. The second-order valence-electron chi connectivity index (χ2n) is 6.32. The standard InChI is InChI=1S/C16H23N3O/c1-19(2)15-7-6-11(10-17-15)16(20)12-8-13-4-3-5-14(9-12)18-13/h6-7,10,12-14,18H,3-5,8-9H2,1-2H3. The van der Waals surface area contributed by atoms with Gasteiger partial charge in [0.15, 0.2) is 5.78 Å². The summed E-state index contributed by atoms with van der Waals surface area (Å²) in [5, 5.41) is 3.64. The van der Waals surface area contributed by atoms with Crippen molar-refractivity contribution >= 4 is 11.6 Å². The van der Waals surface area contributed by atoms with E-state index in [1.807, 2.05) is 31.1 Å². The van der Waals surface area contributed by atoms with Crippen LogP contribution in [0.4, 0.5) is 5.82 Å². The van der Waals surface area contributed by atoms with Crippen molar-refractivity contribution < 1.29 is 4.79 Å². The van der Waals surface area contributed by atoms with Crippen molar-refractivity contribution in [3.05, 3.63) is 23.9 Å². The van der Waals surface area contributed by atoms with E-state index in [2.05, 4.69) is 10.3 Å². The number of fused-ring (bicyclic) bond motifs is 2. The molecule has 2 fully saturated rings. The fourth-order valence-corrected chi connectivity index (χ4v) is 3.51. The van der Waals surface area contributed by atoms with E-state index >= 15 is 0 Å². The number of carbonyl (C=O) groups is 1. The normalized spacial score (nSPS) is 29.0. The predicted octanol–water partition coefficient (Wildman–Crippen LogP) is 2.25. The lowest BCUT2D eigenvalue weighted by Gasteiger charge is -2.39. The Morgan fingerprint density at radius 1 is 1.25 bits per heavy atom. The molecule has 3 rings (SSSR count).